The summed E-state index contributed by atoms with van der Waals surface area (Å²) in [7, 11) is 0. The van der Waals surface area contributed by atoms with Crippen molar-refractivity contribution in [3.05, 3.63) is 35.4 Å². The Labute approximate surface area is 115 Å². The fourth-order valence-electron chi connectivity index (χ4n) is 3.27. The Morgan fingerprint density at radius 2 is 2.05 bits per heavy atom. The summed E-state index contributed by atoms with van der Waals surface area (Å²) in [6.07, 6.45) is 7.46. The van der Waals surface area contributed by atoms with E-state index in [0.717, 1.165) is 38.5 Å². The summed E-state index contributed by atoms with van der Waals surface area (Å²) in [6, 6.07) is 8.59. The Morgan fingerprint density at radius 1 is 1.26 bits per heavy atom. The molecular weight excluding hydrogens is 236 g/mol. The van der Waals surface area contributed by atoms with Crippen LogP contribution in [0.3, 0.4) is 0 Å². The molecule has 1 aromatic rings. The van der Waals surface area contributed by atoms with Crippen LogP contribution in [-0.4, -0.2) is 11.1 Å². The molecule has 0 amide bonds. The van der Waals surface area contributed by atoms with E-state index in [-0.39, 0.29) is 11.8 Å². The maximum absolute atomic E-state index is 11.5. The molecule has 1 N–H and O–H groups in total. The maximum atomic E-state index is 11.5. The number of carboxylic acid groups (broad SMARTS) is 1. The molecule has 2 unspecified atom stereocenters. The third-order valence-corrected chi connectivity index (χ3v) is 4.25. The van der Waals surface area contributed by atoms with Crippen LogP contribution in [0.25, 0.3) is 0 Å². The van der Waals surface area contributed by atoms with Gasteiger partial charge in [-0.3, -0.25) is 4.79 Å². The number of hydrogen-bond acceptors (Lipinski definition) is 1. The lowest BCUT2D eigenvalue weighted by atomic mass is 9.82. The molecule has 0 radical (unpaired) electrons. The molecule has 0 saturated heterocycles. The lowest BCUT2D eigenvalue weighted by molar-refractivity contribution is -0.142. The molecular formula is C17H24O2. The fraction of sp³-hybridized carbons (Fsp3) is 0.588. The zero-order valence-electron chi connectivity index (χ0n) is 11.8. The Kier molecular flexibility index (Phi) is 5.00. The van der Waals surface area contributed by atoms with Crippen LogP contribution in [0.5, 0.6) is 0 Å². The topological polar surface area (TPSA) is 37.3 Å². The summed E-state index contributed by atoms with van der Waals surface area (Å²) >= 11 is 0. The van der Waals surface area contributed by atoms with E-state index >= 15 is 0 Å². The number of hydrogen-bond donors (Lipinski definition) is 1. The first-order chi connectivity index (χ1) is 9.22. The molecule has 1 fully saturated rings. The summed E-state index contributed by atoms with van der Waals surface area (Å²) in [6.45, 7) is 2.18. The third-order valence-electron chi connectivity index (χ3n) is 4.25. The van der Waals surface area contributed by atoms with E-state index in [9.17, 15) is 9.90 Å². The molecule has 0 aliphatic heterocycles. The van der Waals surface area contributed by atoms with Gasteiger partial charge in [0.05, 0.1) is 5.92 Å². The molecule has 2 atom stereocenters. The van der Waals surface area contributed by atoms with Gasteiger partial charge in [-0.25, -0.2) is 0 Å². The van der Waals surface area contributed by atoms with Crippen molar-refractivity contribution in [3.8, 4) is 0 Å². The monoisotopic (exact) mass is 260 g/mol. The van der Waals surface area contributed by atoms with Gasteiger partial charge >= 0.3 is 5.97 Å². The second kappa shape index (κ2) is 6.74. The maximum Gasteiger partial charge on any atom is 0.307 e. The summed E-state index contributed by atoms with van der Waals surface area (Å²) in [4.78, 5) is 11.5. The second-order valence-corrected chi connectivity index (χ2v) is 5.68. The van der Waals surface area contributed by atoms with E-state index in [1.54, 1.807) is 0 Å². The SMILES string of the molecule is CCCc1cccc(C2CCCCCC2C(=O)O)c1. The summed E-state index contributed by atoms with van der Waals surface area (Å²) in [5.41, 5.74) is 2.58. The third kappa shape index (κ3) is 3.59. The van der Waals surface area contributed by atoms with E-state index in [4.69, 9.17) is 0 Å². The van der Waals surface area contributed by atoms with Crippen LogP contribution >= 0.6 is 0 Å². The van der Waals surface area contributed by atoms with E-state index < -0.39 is 5.97 Å². The van der Waals surface area contributed by atoms with E-state index in [2.05, 4.69) is 31.2 Å². The van der Waals surface area contributed by atoms with Crippen LogP contribution in [0, 0.1) is 5.92 Å². The van der Waals surface area contributed by atoms with Crippen molar-refractivity contribution >= 4 is 5.97 Å². The highest BCUT2D eigenvalue weighted by atomic mass is 16.4. The molecule has 2 nitrogen and oxygen atoms in total. The Hall–Kier alpha value is -1.31. The van der Waals surface area contributed by atoms with E-state index in [1.165, 1.54) is 17.5 Å². The summed E-state index contributed by atoms with van der Waals surface area (Å²) in [5, 5.41) is 9.47. The number of rotatable bonds is 4. The predicted octanol–water partition coefficient (Wildman–Crippen LogP) is 4.39. The fourth-order valence-corrected chi connectivity index (χ4v) is 3.27. The largest absolute Gasteiger partial charge is 0.481 e. The van der Waals surface area contributed by atoms with Gasteiger partial charge in [0.1, 0.15) is 0 Å². The van der Waals surface area contributed by atoms with Gasteiger partial charge in [-0.05, 0) is 36.3 Å². The van der Waals surface area contributed by atoms with Crippen LogP contribution in [0.2, 0.25) is 0 Å². The normalized spacial score (nSPS) is 23.8. The van der Waals surface area contributed by atoms with Gasteiger partial charge in [-0.2, -0.15) is 0 Å². The zero-order chi connectivity index (χ0) is 13.7. The quantitative estimate of drug-likeness (QED) is 0.815. The van der Waals surface area contributed by atoms with Gasteiger partial charge < -0.3 is 5.11 Å². The molecule has 1 saturated carbocycles. The average Bonchev–Trinajstić information content (AvgIpc) is 2.65. The molecule has 0 heterocycles. The molecule has 2 heteroatoms. The van der Waals surface area contributed by atoms with Gasteiger partial charge in [0.2, 0.25) is 0 Å². The number of carboxylic acids is 1. The van der Waals surface area contributed by atoms with Gasteiger partial charge in [0.15, 0.2) is 0 Å². The smallest absolute Gasteiger partial charge is 0.307 e. The van der Waals surface area contributed by atoms with Gasteiger partial charge in [-0.1, -0.05) is 56.9 Å². The molecule has 1 aliphatic carbocycles. The molecule has 2 rings (SSSR count). The standard InChI is InChI=1S/C17H24O2/c1-2-7-13-8-6-9-14(12-13)15-10-4-3-5-11-16(15)17(18)19/h6,8-9,12,15-16H,2-5,7,10-11H2,1H3,(H,18,19). The Morgan fingerprint density at radius 3 is 2.79 bits per heavy atom. The van der Waals surface area contributed by atoms with E-state index in [0.29, 0.717) is 0 Å². The van der Waals surface area contributed by atoms with E-state index in [1.807, 2.05) is 0 Å². The zero-order valence-corrected chi connectivity index (χ0v) is 11.8. The van der Waals surface area contributed by atoms with Crippen LogP contribution < -0.4 is 0 Å². The Balaban J connectivity index is 2.25. The van der Waals surface area contributed by atoms with Gasteiger partial charge in [0.25, 0.3) is 0 Å². The average molecular weight is 260 g/mol. The minimum absolute atomic E-state index is 0.195. The van der Waals surface area contributed by atoms with Crippen LogP contribution in [0.1, 0.15) is 62.5 Å². The van der Waals surface area contributed by atoms with Gasteiger partial charge in [0, 0.05) is 0 Å². The first-order valence-electron chi connectivity index (χ1n) is 7.54. The lowest BCUT2D eigenvalue weighted by Crippen LogP contribution is -2.21. The molecule has 1 aromatic carbocycles. The van der Waals surface area contributed by atoms with Crippen molar-refractivity contribution in [2.24, 2.45) is 5.92 Å². The van der Waals surface area contributed by atoms with Crippen molar-refractivity contribution < 1.29 is 9.90 Å². The first kappa shape index (κ1) is 14.1. The van der Waals surface area contributed by atoms with Crippen molar-refractivity contribution in [2.45, 2.75) is 57.8 Å². The number of benzene rings is 1. The predicted molar refractivity (Wildman–Crippen MR) is 77.4 cm³/mol. The number of aliphatic carboxylic acids is 1. The van der Waals surface area contributed by atoms with Crippen LogP contribution in [0.4, 0.5) is 0 Å². The number of carbonyl (C=O) groups is 1. The summed E-state index contributed by atoms with van der Waals surface area (Å²) < 4.78 is 0. The first-order valence-corrected chi connectivity index (χ1v) is 7.54. The second-order valence-electron chi connectivity index (χ2n) is 5.68. The highest BCUT2D eigenvalue weighted by Gasteiger charge is 2.30. The lowest BCUT2D eigenvalue weighted by Gasteiger charge is -2.22. The molecule has 0 bridgehead atoms. The Bertz CT molecular complexity index is 425. The van der Waals surface area contributed by atoms with Crippen LogP contribution in [-0.2, 0) is 11.2 Å². The summed E-state index contributed by atoms with van der Waals surface area (Å²) in [5.74, 6) is -0.607. The van der Waals surface area contributed by atoms with Crippen LogP contribution in [0.15, 0.2) is 24.3 Å². The minimum Gasteiger partial charge on any atom is -0.481 e. The van der Waals surface area contributed by atoms with Gasteiger partial charge in [-0.15, -0.1) is 0 Å². The molecule has 19 heavy (non-hydrogen) atoms. The highest BCUT2D eigenvalue weighted by molar-refractivity contribution is 5.71. The minimum atomic E-state index is -0.618. The molecule has 1 aliphatic rings. The number of aryl methyl sites for hydroxylation is 1. The molecule has 0 aromatic heterocycles. The van der Waals surface area contributed by atoms with Crippen molar-refractivity contribution in [1.29, 1.82) is 0 Å². The highest BCUT2D eigenvalue weighted by Crippen LogP contribution is 2.37. The van der Waals surface area contributed by atoms with Crippen molar-refractivity contribution in [2.75, 3.05) is 0 Å². The molecule has 0 spiro atoms. The molecule has 104 valence electrons. The van der Waals surface area contributed by atoms with Crippen molar-refractivity contribution in [3.63, 3.8) is 0 Å². The van der Waals surface area contributed by atoms with Crippen molar-refractivity contribution in [1.82, 2.24) is 0 Å².